The van der Waals surface area contributed by atoms with E-state index >= 15 is 0 Å². The van der Waals surface area contributed by atoms with Crippen molar-refractivity contribution in [2.24, 2.45) is 0 Å². The molecule has 8 aromatic carbocycles. The molecule has 0 aliphatic heterocycles. The van der Waals surface area contributed by atoms with Gasteiger partial charge in [-0.05, 0) is 134 Å². The first-order valence-corrected chi connectivity index (χ1v) is 22.4. The molecule has 0 saturated heterocycles. The monoisotopic (exact) mass is 839 g/mol. The molecule has 2 aliphatic carbocycles. The van der Waals surface area contributed by atoms with Crippen molar-refractivity contribution in [1.82, 2.24) is 0 Å². The van der Waals surface area contributed by atoms with Crippen molar-refractivity contribution in [3.05, 3.63) is 185 Å². The van der Waals surface area contributed by atoms with E-state index in [9.17, 15) is 10.5 Å². The molecule has 312 valence electrons. The molecule has 0 spiro atoms. The lowest BCUT2D eigenvalue weighted by molar-refractivity contribution is 0.403. The molecular weight excluding hydrogens is 795 g/mol. The van der Waals surface area contributed by atoms with E-state index in [0.29, 0.717) is 22.3 Å². The van der Waals surface area contributed by atoms with Crippen LogP contribution in [0.4, 0.5) is 17.1 Å². The highest BCUT2D eigenvalue weighted by Crippen LogP contribution is 2.56. The Bertz CT molecular complexity index is 3730. The molecule has 0 unspecified atom stereocenters. The minimum atomic E-state index is -0.0577. The molecule has 65 heavy (non-hydrogen) atoms. The highest BCUT2D eigenvalue weighted by Gasteiger charge is 2.45. The van der Waals surface area contributed by atoms with Crippen LogP contribution in [0, 0.1) is 22.7 Å². The molecule has 0 N–H and O–H groups in total. The van der Waals surface area contributed by atoms with Gasteiger partial charge in [-0.15, -0.1) is 0 Å². The van der Waals surface area contributed by atoms with Crippen molar-refractivity contribution in [2.45, 2.75) is 64.2 Å². The van der Waals surface area contributed by atoms with E-state index in [1.807, 2.05) is 42.5 Å². The number of hydrogen-bond donors (Lipinski definition) is 0. The second-order valence-electron chi connectivity index (χ2n) is 19.9. The maximum atomic E-state index is 9.75. The third-order valence-corrected chi connectivity index (χ3v) is 14.5. The van der Waals surface area contributed by atoms with Crippen LogP contribution in [0.5, 0.6) is 0 Å². The molecule has 0 bridgehead atoms. The number of rotatable bonds is 5. The fourth-order valence-corrected chi connectivity index (χ4v) is 11.6. The number of furan rings is 2. The molecule has 0 fully saturated rings. The van der Waals surface area contributed by atoms with Gasteiger partial charge in [0.25, 0.3) is 0 Å². The Morgan fingerprint density at radius 1 is 0.446 bits per heavy atom. The van der Waals surface area contributed by atoms with Crippen LogP contribution in [0.1, 0.15) is 81.3 Å². The zero-order valence-electron chi connectivity index (χ0n) is 37.3. The quantitative estimate of drug-likeness (QED) is 0.172. The van der Waals surface area contributed by atoms with Crippen LogP contribution in [0.3, 0.4) is 0 Å². The summed E-state index contributed by atoms with van der Waals surface area (Å²) in [6, 6.07) is 58.0. The SMILES string of the molecule is CC1(C)CC(C)(C)c2cc3c(cc21)-c1cc(-c2ccc(-c4ccc(N(c5ccc6c(c5)oc5cc(C#N)c(C#N)cc56)c5cccc6oc7ccccc7c56)cc4)cc2)ccc1C3(C)C. The molecular formula is C60H45N3O2. The van der Waals surface area contributed by atoms with Crippen molar-refractivity contribution >= 4 is 60.9 Å². The maximum Gasteiger partial charge on any atom is 0.137 e. The Balaban J connectivity index is 0.915. The zero-order chi connectivity index (χ0) is 44.6. The second-order valence-corrected chi connectivity index (χ2v) is 19.9. The van der Waals surface area contributed by atoms with Gasteiger partial charge in [-0.25, -0.2) is 0 Å². The van der Waals surface area contributed by atoms with E-state index in [-0.39, 0.29) is 16.2 Å². The molecule has 0 saturated carbocycles. The van der Waals surface area contributed by atoms with E-state index in [4.69, 9.17) is 8.83 Å². The predicted molar refractivity (Wildman–Crippen MR) is 264 cm³/mol. The second kappa shape index (κ2) is 13.6. The Kier molecular flexibility index (Phi) is 8.10. The summed E-state index contributed by atoms with van der Waals surface area (Å²) in [6.07, 6.45) is 1.16. The molecule has 5 nitrogen and oxygen atoms in total. The minimum Gasteiger partial charge on any atom is -0.456 e. The summed E-state index contributed by atoms with van der Waals surface area (Å²) in [4.78, 5) is 2.24. The summed E-state index contributed by atoms with van der Waals surface area (Å²) < 4.78 is 12.8. The van der Waals surface area contributed by atoms with E-state index in [0.717, 1.165) is 67.3 Å². The first-order valence-electron chi connectivity index (χ1n) is 22.4. The lowest BCUT2D eigenvalue weighted by Crippen LogP contribution is -2.18. The summed E-state index contributed by atoms with van der Waals surface area (Å²) in [7, 11) is 0. The lowest BCUT2D eigenvalue weighted by atomic mass is 9.79. The molecule has 10 aromatic rings. The Morgan fingerprint density at radius 3 is 1.77 bits per heavy atom. The predicted octanol–water partition coefficient (Wildman–Crippen LogP) is 16.3. The highest BCUT2D eigenvalue weighted by molar-refractivity contribution is 6.14. The fraction of sp³-hybridized carbons (Fsp3) is 0.167. The van der Waals surface area contributed by atoms with Gasteiger partial charge in [0.05, 0.1) is 22.2 Å². The molecule has 2 aliphatic rings. The van der Waals surface area contributed by atoms with Crippen molar-refractivity contribution in [2.75, 3.05) is 4.90 Å². The van der Waals surface area contributed by atoms with E-state index in [2.05, 4.69) is 156 Å². The summed E-state index contributed by atoms with van der Waals surface area (Å²) >= 11 is 0. The van der Waals surface area contributed by atoms with Gasteiger partial charge in [0, 0.05) is 45.1 Å². The normalized spacial score (nSPS) is 15.2. The molecule has 0 amide bonds. The third kappa shape index (κ3) is 5.75. The van der Waals surface area contributed by atoms with Gasteiger partial charge < -0.3 is 13.7 Å². The zero-order valence-corrected chi connectivity index (χ0v) is 37.3. The third-order valence-electron chi connectivity index (χ3n) is 14.5. The number of nitrogens with zero attached hydrogens (tertiary/aromatic N) is 3. The Morgan fingerprint density at radius 2 is 1.03 bits per heavy atom. The summed E-state index contributed by atoms with van der Waals surface area (Å²) in [5.41, 5.74) is 19.9. The molecule has 2 aromatic heterocycles. The molecule has 2 heterocycles. The fourth-order valence-electron chi connectivity index (χ4n) is 11.6. The van der Waals surface area contributed by atoms with E-state index in [1.165, 1.54) is 44.5 Å². The summed E-state index contributed by atoms with van der Waals surface area (Å²) in [5, 5.41) is 23.2. The lowest BCUT2D eigenvalue weighted by Gasteiger charge is -2.26. The van der Waals surface area contributed by atoms with Gasteiger partial charge in [-0.1, -0.05) is 120 Å². The van der Waals surface area contributed by atoms with Crippen LogP contribution in [-0.4, -0.2) is 0 Å². The summed E-state index contributed by atoms with van der Waals surface area (Å²) in [5.74, 6) is 0. The van der Waals surface area contributed by atoms with Gasteiger partial charge in [0.1, 0.15) is 34.5 Å². The standard InChI is InChI=1S/C60H45N3O2/c1-58(2)34-59(3,4)51-31-49-46(30-50(51)58)45-26-38(20-25-48(45)60(49,5)6)37-16-14-35(15-17-37)36-18-21-41(22-19-36)63(52-11-9-13-54-57(52)44-10-7-8-12-53(44)64-54)42-23-24-43-47-27-39(32-61)40(33-62)28-55(47)65-56(43)29-42/h7-31H,34H2,1-6H3. The van der Waals surface area contributed by atoms with Crippen LogP contribution in [0.2, 0.25) is 0 Å². The summed E-state index contributed by atoms with van der Waals surface area (Å²) in [6.45, 7) is 14.4. The van der Waals surface area contributed by atoms with Crippen molar-refractivity contribution in [3.63, 3.8) is 0 Å². The van der Waals surface area contributed by atoms with Crippen LogP contribution in [0.25, 0.3) is 77.3 Å². The maximum absolute atomic E-state index is 9.75. The number of fused-ring (bicyclic) bond motifs is 10. The number of benzene rings is 8. The molecule has 0 atom stereocenters. The smallest absolute Gasteiger partial charge is 0.137 e. The molecule has 0 radical (unpaired) electrons. The molecule has 5 heteroatoms. The van der Waals surface area contributed by atoms with Crippen LogP contribution < -0.4 is 4.90 Å². The van der Waals surface area contributed by atoms with Gasteiger partial charge in [0.2, 0.25) is 0 Å². The Hall–Kier alpha value is -7.86. The number of nitriles is 2. The molecule has 12 rings (SSSR count). The van der Waals surface area contributed by atoms with Gasteiger partial charge in [-0.3, -0.25) is 0 Å². The number of hydrogen-bond acceptors (Lipinski definition) is 5. The number of para-hydroxylation sites is 1. The van der Waals surface area contributed by atoms with Crippen LogP contribution >= 0.6 is 0 Å². The topological polar surface area (TPSA) is 77.1 Å². The van der Waals surface area contributed by atoms with Gasteiger partial charge in [-0.2, -0.15) is 10.5 Å². The van der Waals surface area contributed by atoms with Crippen molar-refractivity contribution in [1.29, 1.82) is 10.5 Å². The van der Waals surface area contributed by atoms with Crippen LogP contribution in [-0.2, 0) is 16.2 Å². The average Bonchev–Trinajstić information content (AvgIpc) is 3.99. The minimum absolute atomic E-state index is 0.0577. The van der Waals surface area contributed by atoms with Gasteiger partial charge in [0.15, 0.2) is 0 Å². The van der Waals surface area contributed by atoms with E-state index in [1.54, 1.807) is 12.1 Å². The van der Waals surface area contributed by atoms with Crippen LogP contribution in [0.15, 0.2) is 160 Å². The van der Waals surface area contributed by atoms with E-state index < -0.39 is 0 Å². The first-order chi connectivity index (χ1) is 31.3. The Labute approximate surface area is 378 Å². The number of anilines is 3. The van der Waals surface area contributed by atoms with Crippen molar-refractivity contribution < 1.29 is 8.83 Å². The largest absolute Gasteiger partial charge is 0.456 e. The average molecular weight is 840 g/mol. The van der Waals surface area contributed by atoms with Gasteiger partial charge >= 0.3 is 0 Å². The highest BCUT2D eigenvalue weighted by atomic mass is 16.3. The van der Waals surface area contributed by atoms with Crippen molar-refractivity contribution in [3.8, 4) is 45.5 Å². The first kappa shape index (κ1) is 38.8.